The number of carbonyl (C=O) groups excluding carboxylic acids is 1. The largest absolute Gasteiger partial charge is 0.497 e. The zero-order valence-electron chi connectivity index (χ0n) is 17.4. The molecule has 0 radical (unpaired) electrons. The van der Waals surface area contributed by atoms with Crippen LogP contribution in [0.5, 0.6) is 5.75 Å². The first-order valence-electron chi connectivity index (χ1n) is 9.59. The Kier molecular flexibility index (Phi) is 5.39. The molecule has 6 nitrogen and oxygen atoms in total. The Balaban J connectivity index is 1.44. The van der Waals surface area contributed by atoms with Gasteiger partial charge in [-0.15, -0.1) is 10.2 Å². The third-order valence-electron chi connectivity index (χ3n) is 5.32. The van der Waals surface area contributed by atoms with Gasteiger partial charge in [-0.1, -0.05) is 43.8 Å². The fourth-order valence-electron chi connectivity index (χ4n) is 3.70. The maximum atomic E-state index is 12.7. The van der Waals surface area contributed by atoms with Crippen LogP contribution in [-0.2, 0) is 10.2 Å². The summed E-state index contributed by atoms with van der Waals surface area (Å²) < 4.78 is 10.8. The minimum atomic E-state index is -0.225. The van der Waals surface area contributed by atoms with Crippen LogP contribution in [0, 0.1) is 0 Å². The zero-order valence-corrected chi connectivity index (χ0v) is 18.2. The minimum Gasteiger partial charge on any atom is -0.497 e. The van der Waals surface area contributed by atoms with E-state index in [-0.39, 0.29) is 17.0 Å². The summed E-state index contributed by atoms with van der Waals surface area (Å²) in [7, 11) is 3.62. The second kappa shape index (κ2) is 7.99. The lowest BCUT2D eigenvalue weighted by atomic mass is 9.83. The third-order valence-corrected chi connectivity index (χ3v) is 6.16. The number of hydrogen-bond donors (Lipinski definition) is 0. The van der Waals surface area contributed by atoms with Crippen molar-refractivity contribution in [1.29, 1.82) is 0 Å². The minimum absolute atomic E-state index is 0.00642. The van der Waals surface area contributed by atoms with Gasteiger partial charge in [0, 0.05) is 35.5 Å². The van der Waals surface area contributed by atoms with Gasteiger partial charge in [-0.3, -0.25) is 4.79 Å². The first-order chi connectivity index (χ1) is 14.4. The molecule has 0 aliphatic carbocycles. The van der Waals surface area contributed by atoms with Crippen molar-refractivity contribution in [1.82, 2.24) is 10.2 Å². The van der Waals surface area contributed by atoms with E-state index in [4.69, 9.17) is 9.15 Å². The molecular weight excluding hydrogens is 398 g/mol. The molecule has 4 rings (SSSR count). The molecule has 0 atom stereocenters. The quantitative estimate of drug-likeness (QED) is 0.421. The number of hydrogen-bond acceptors (Lipinski definition) is 7. The molecule has 1 aromatic heterocycles. The van der Waals surface area contributed by atoms with E-state index in [0.717, 1.165) is 22.7 Å². The lowest BCUT2D eigenvalue weighted by Crippen LogP contribution is -2.24. The van der Waals surface area contributed by atoms with Crippen molar-refractivity contribution < 1.29 is 13.9 Å². The number of allylic oxidation sites excluding steroid dienone is 2. The zero-order chi connectivity index (χ0) is 21.3. The van der Waals surface area contributed by atoms with E-state index in [9.17, 15) is 4.79 Å². The van der Waals surface area contributed by atoms with Gasteiger partial charge < -0.3 is 14.1 Å². The van der Waals surface area contributed by atoms with Crippen molar-refractivity contribution in [2.24, 2.45) is 0 Å². The van der Waals surface area contributed by atoms with Gasteiger partial charge in [-0.2, -0.15) is 0 Å². The predicted molar refractivity (Wildman–Crippen MR) is 118 cm³/mol. The summed E-state index contributed by atoms with van der Waals surface area (Å²) in [5.41, 5.74) is 3.92. The number of likely N-dealkylation sites (N-methyl/N-ethyl adjacent to an activating group) is 1. The number of rotatable bonds is 6. The number of fused-ring (bicyclic) bond motifs is 1. The number of ether oxygens (including phenoxy) is 1. The Hall–Kier alpha value is -3.06. The van der Waals surface area contributed by atoms with Gasteiger partial charge >= 0.3 is 0 Å². The van der Waals surface area contributed by atoms with Crippen molar-refractivity contribution >= 4 is 23.2 Å². The normalized spacial score (nSPS) is 16.0. The molecule has 0 unspecified atom stereocenters. The molecule has 0 spiro atoms. The molecule has 0 fully saturated rings. The first kappa shape index (κ1) is 20.2. The van der Waals surface area contributed by atoms with Gasteiger partial charge in [0.15, 0.2) is 5.78 Å². The third kappa shape index (κ3) is 3.73. The summed E-state index contributed by atoms with van der Waals surface area (Å²) in [6.45, 7) is 4.28. The second-order valence-corrected chi connectivity index (χ2v) is 8.51. The summed E-state index contributed by atoms with van der Waals surface area (Å²) >= 11 is 1.24. The van der Waals surface area contributed by atoms with Gasteiger partial charge in [-0.05, 0) is 35.9 Å². The van der Waals surface area contributed by atoms with Crippen molar-refractivity contribution in [3.63, 3.8) is 0 Å². The van der Waals surface area contributed by atoms with E-state index in [2.05, 4.69) is 41.1 Å². The topological polar surface area (TPSA) is 68.5 Å². The van der Waals surface area contributed by atoms with Gasteiger partial charge in [0.25, 0.3) is 5.22 Å². The van der Waals surface area contributed by atoms with Crippen LogP contribution in [-0.4, -0.2) is 35.9 Å². The SMILES string of the molecule is COc1ccc(-c2nnc(SCC(=O)/C=C3/N(C)c4ccccc4C3(C)C)o2)cc1. The number of aromatic nitrogens is 2. The molecule has 0 amide bonds. The molecule has 3 aromatic rings. The van der Waals surface area contributed by atoms with E-state index < -0.39 is 0 Å². The highest BCUT2D eigenvalue weighted by molar-refractivity contribution is 7.99. The number of methoxy groups -OCH3 is 1. The van der Waals surface area contributed by atoms with Gasteiger partial charge in [0.2, 0.25) is 5.89 Å². The number of anilines is 1. The number of ketones is 1. The number of carbonyl (C=O) groups is 1. The molecule has 0 N–H and O–H groups in total. The molecule has 30 heavy (non-hydrogen) atoms. The van der Waals surface area contributed by atoms with Crippen molar-refractivity contribution in [2.45, 2.75) is 24.5 Å². The van der Waals surface area contributed by atoms with Gasteiger partial charge in [0.1, 0.15) is 5.75 Å². The lowest BCUT2D eigenvalue weighted by Gasteiger charge is -2.23. The highest BCUT2D eigenvalue weighted by Crippen LogP contribution is 2.46. The molecule has 0 saturated heterocycles. The lowest BCUT2D eigenvalue weighted by molar-refractivity contribution is -0.112. The van der Waals surface area contributed by atoms with Crippen molar-refractivity contribution in [3.8, 4) is 17.2 Å². The van der Waals surface area contributed by atoms with Crippen LogP contribution in [0.25, 0.3) is 11.5 Å². The van der Waals surface area contributed by atoms with Crippen LogP contribution in [0.1, 0.15) is 19.4 Å². The Labute approximate surface area is 179 Å². The first-order valence-corrected chi connectivity index (χ1v) is 10.6. The Morgan fingerprint density at radius 3 is 2.60 bits per heavy atom. The smallest absolute Gasteiger partial charge is 0.277 e. The van der Waals surface area contributed by atoms with Crippen LogP contribution >= 0.6 is 11.8 Å². The highest BCUT2D eigenvalue weighted by Gasteiger charge is 2.38. The fourth-order valence-corrected chi connectivity index (χ4v) is 4.29. The molecule has 0 saturated carbocycles. The van der Waals surface area contributed by atoms with Crippen LogP contribution in [0.4, 0.5) is 5.69 Å². The summed E-state index contributed by atoms with van der Waals surface area (Å²) in [5.74, 6) is 1.41. The van der Waals surface area contributed by atoms with Gasteiger partial charge in [-0.25, -0.2) is 0 Å². The monoisotopic (exact) mass is 421 g/mol. The molecule has 1 aliphatic rings. The molecule has 154 valence electrons. The number of nitrogens with zero attached hydrogens (tertiary/aromatic N) is 3. The van der Waals surface area contributed by atoms with Crippen molar-refractivity contribution in [2.75, 3.05) is 24.8 Å². The van der Waals surface area contributed by atoms with Crippen LogP contribution in [0.2, 0.25) is 0 Å². The number of para-hydroxylation sites is 1. The van der Waals surface area contributed by atoms with E-state index in [1.165, 1.54) is 17.3 Å². The Morgan fingerprint density at radius 1 is 1.17 bits per heavy atom. The molecule has 2 aromatic carbocycles. The number of thioether (sulfide) groups is 1. The molecule has 2 heterocycles. The van der Waals surface area contributed by atoms with E-state index >= 15 is 0 Å². The average Bonchev–Trinajstić information content (AvgIpc) is 3.30. The van der Waals surface area contributed by atoms with E-state index in [1.807, 2.05) is 43.4 Å². The van der Waals surface area contributed by atoms with Crippen LogP contribution in [0.3, 0.4) is 0 Å². The highest BCUT2D eigenvalue weighted by atomic mass is 32.2. The summed E-state index contributed by atoms with van der Waals surface area (Å²) in [6, 6.07) is 15.6. The van der Waals surface area contributed by atoms with Crippen LogP contribution < -0.4 is 9.64 Å². The summed E-state index contributed by atoms with van der Waals surface area (Å²) in [5, 5.41) is 8.49. The second-order valence-electron chi connectivity index (χ2n) is 7.59. The fraction of sp³-hybridized carbons (Fsp3) is 0.261. The molecule has 1 aliphatic heterocycles. The van der Waals surface area contributed by atoms with E-state index in [1.54, 1.807) is 13.2 Å². The van der Waals surface area contributed by atoms with Crippen LogP contribution in [0.15, 0.2) is 69.9 Å². The summed E-state index contributed by atoms with van der Waals surface area (Å²) in [6.07, 6.45) is 1.73. The van der Waals surface area contributed by atoms with E-state index in [0.29, 0.717) is 11.1 Å². The molecular formula is C23H23N3O3S. The average molecular weight is 422 g/mol. The molecule has 0 bridgehead atoms. The summed E-state index contributed by atoms with van der Waals surface area (Å²) in [4.78, 5) is 14.8. The maximum Gasteiger partial charge on any atom is 0.277 e. The maximum absolute atomic E-state index is 12.7. The predicted octanol–water partition coefficient (Wildman–Crippen LogP) is 4.72. The Morgan fingerprint density at radius 2 is 1.90 bits per heavy atom. The van der Waals surface area contributed by atoms with Crippen molar-refractivity contribution in [3.05, 3.63) is 65.9 Å². The molecule has 7 heteroatoms. The standard InChI is InChI=1S/C23H23N3O3S/c1-23(2)18-7-5-6-8-19(18)26(3)20(23)13-16(27)14-30-22-25-24-21(29-22)15-9-11-17(28-4)12-10-15/h5-13H,14H2,1-4H3/b20-13+. The number of benzene rings is 2. The Bertz CT molecular complexity index is 1100. The van der Waals surface area contributed by atoms with Gasteiger partial charge in [0.05, 0.1) is 12.9 Å².